The third kappa shape index (κ3) is 2.04. The van der Waals surface area contributed by atoms with E-state index >= 15 is 0 Å². The molecule has 0 heterocycles. The van der Waals surface area contributed by atoms with E-state index in [-0.39, 0.29) is 0 Å². The van der Waals surface area contributed by atoms with Gasteiger partial charge in [-0.1, -0.05) is 82.7 Å². The Labute approximate surface area is 139 Å². The minimum absolute atomic E-state index is 0.290. The van der Waals surface area contributed by atoms with E-state index in [4.69, 9.17) is 0 Å². The summed E-state index contributed by atoms with van der Waals surface area (Å²) in [5, 5.41) is 2.68. The summed E-state index contributed by atoms with van der Waals surface area (Å²) in [6.07, 6.45) is 9.08. The van der Waals surface area contributed by atoms with Crippen molar-refractivity contribution < 1.29 is 0 Å². The summed E-state index contributed by atoms with van der Waals surface area (Å²) in [6, 6.07) is 17.4. The van der Waals surface area contributed by atoms with Gasteiger partial charge in [-0.05, 0) is 45.7 Å². The van der Waals surface area contributed by atoms with Gasteiger partial charge in [0.1, 0.15) is 0 Å². The Morgan fingerprint density at radius 2 is 1.82 bits per heavy atom. The van der Waals surface area contributed by atoms with Crippen LogP contribution in [0.3, 0.4) is 0 Å². The summed E-state index contributed by atoms with van der Waals surface area (Å²) in [4.78, 5) is 0.290. The van der Waals surface area contributed by atoms with E-state index < -0.39 is 0 Å². The summed E-state index contributed by atoms with van der Waals surface area (Å²) in [5.41, 5.74) is 5.50. The number of halogens is 1. The molecule has 0 saturated carbocycles. The predicted octanol–water partition coefficient (Wildman–Crippen LogP) is 4.15. The van der Waals surface area contributed by atoms with Crippen LogP contribution >= 0.6 is 15.9 Å². The van der Waals surface area contributed by atoms with Gasteiger partial charge < -0.3 is 0 Å². The number of alkyl halides is 1. The van der Waals surface area contributed by atoms with Gasteiger partial charge >= 0.3 is 0 Å². The van der Waals surface area contributed by atoms with Crippen LogP contribution in [0.4, 0.5) is 0 Å². The van der Waals surface area contributed by atoms with Gasteiger partial charge in [0.2, 0.25) is 0 Å². The number of fused-ring (bicyclic) bond motifs is 2. The minimum Gasteiger partial charge on any atom is -0.0828 e. The summed E-state index contributed by atoms with van der Waals surface area (Å²) in [6.45, 7) is 2.12. The molecule has 0 saturated heterocycles. The molecule has 0 fully saturated rings. The van der Waals surface area contributed by atoms with Crippen molar-refractivity contribution in [1.82, 2.24) is 0 Å². The molecule has 108 valence electrons. The maximum atomic E-state index is 4.00. The minimum atomic E-state index is 0.290. The standard InChI is InChI=1S/C21H17Br/c1-2-14-13-16-8-4-6-10-18(16)20(14)21(22)19-12-11-15-7-3-5-9-17(15)19/h2-13,19,21H,1H3. The molecule has 1 heteroatoms. The average molecular weight is 349 g/mol. The molecule has 0 radical (unpaired) electrons. The zero-order valence-corrected chi connectivity index (χ0v) is 14.0. The van der Waals surface area contributed by atoms with Crippen molar-refractivity contribution in [1.29, 1.82) is 0 Å². The van der Waals surface area contributed by atoms with E-state index in [9.17, 15) is 0 Å². The monoisotopic (exact) mass is 348 g/mol. The van der Waals surface area contributed by atoms with Crippen LogP contribution in [-0.2, 0) is 0 Å². The topological polar surface area (TPSA) is 0 Å². The zero-order chi connectivity index (χ0) is 15.1. The van der Waals surface area contributed by atoms with Crippen LogP contribution in [0.5, 0.6) is 0 Å². The third-order valence-electron chi connectivity index (χ3n) is 4.61. The second-order valence-electron chi connectivity index (χ2n) is 5.80. The molecule has 22 heavy (non-hydrogen) atoms. The van der Waals surface area contributed by atoms with Gasteiger partial charge in [-0.15, -0.1) is 0 Å². The summed E-state index contributed by atoms with van der Waals surface area (Å²) >= 11 is 4.00. The number of hydrogen-bond acceptors (Lipinski definition) is 0. The zero-order valence-electron chi connectivity index (χ0n) is 12.5. The van der Waals surface area contributed by atoms with Crippen molar-refractivity contribution in [2.45, 2.75) is 17.7 Å². The highest BCUT2D eigenvalue weighted by Crippen LogP contribution is 2.41. The highest BCUT2D eigenvalue weighted by atomic mass is 79.9. The quantitative estimate of drug-likeness (QED) is 0.715. The fraction of sp³-hybridized carbons (Fsp3) is 0.143. The fourth-order valence-corrected chi connectivity index (χ4v) is 4.50. The first-order valence-corrected chi connectivity index (χ1v) is 8.60. The SMILES string of the molecule is CC=C1C=c2ccccc2=C1C(Br)C1C=Cc2ccccc21. The first-order valence-electron chi connectivity index (χ1n) is 7.68. The predicted molar refractivity (Wildman–Crippen MR) is 98.3 cm³/mol. The highest BCUT2D eigenvalue weighted by Gasteiger charge is 2.29. The van der Waals surface area contributed by atoms with Crippen molar-refractivity contribution >= 4 is 33.7 Å². The van der Waals surface area contributed by atoms with Gasteiger partial charge in [-0.3, -0.25) is 0 Å². The largest absolute Gasteiger partial charge is 0.0828 e. The van der Waals surface area contributed by atoms with Crippen molar-refractivity contribution in [2.24, 2.45) is 0 Å². The maximum Gasteiger partial charge on any atom is 0.0510 e. The van der Waals surface area contributed by atoms with Crippen molar-refractivity contribution in [3.63, 3.8) is 0 Å². The molecule has 2 aliphatic rings. The lowest BCUT2D eigenvalue weighted by Crippen LogP contribution is -2.26. The van der Waals surface area contributed by atoms with Crippen LogP contribution in [0.15, 0.2) is 66.3 Å². The maximum absolute atomic E-state index is 4.00. The van der Waals surface area contributed by atoms with Gasteiger partial charge in [0, 0.05) is 5.92 Å². The Bertz CT molecular complexity index is 915. The van der Waals surface area contributed by atoms with E-state index in [1.165, 1.54) is 32.7 Å². The van der Waals surface area contributed by atoms with Crippen molar-refractivity contribution in [3.05, 3.63) is 87.8 Å². The average Bonchev–Trinajstić information content (AvgIpc) is 3.15. The Kier molecular flexibility index (Phi) is 3.38. The van der Waals surface area contributed by atoms with Gasteiger partial charge in [0.15, 0.2) is 0 Å². The van der Waals surface area contributed by atoms with Gasteiger partial charge in [-0.25, -0.2) is 0 Å². The Hall–Kier alpha value is -1.86. The fourth-order valence-electron chi connectivity index (χ4n) is 3.53. The molecule has 2 unspecified atom stereocenters. The van der Waals surface area contributed by atoms with Gasteiger partial charge in [-0.2, -0.15) is 0 Å². The third-order valence-corrected chi connectivity index (χ3v) is 5.64. The molecule has 2 aromatic carbocycles. The van der Waals surface area contributed by atoms with Gasteiger partial charge in [0.05, 0.1) is 4.83 Å². The Morgan fingerprint density at radius 3 is 2.68 bits per heavy atom. The molecule has 0 spiro atoms. The molecular weight excluding hydrogens is 332 g/mol. The molecule has 0 aliphatic heterocycles. The van der Waals surface area contributed by atoms with Crippen molar-refractivity contribution in [2.75, 3.05) is 0 Å². The smallest absolute Gasteiger partial charge is 0.0510 e. The summed E-state index contributed by atoms with van der Waals surface area (Å²) < 4.78 is 0. The van der Waals surface area contributed by atoms with Crippen LogP contribution in [0, 0.1) is 0 Å². The van der Waals surface area contributed by atoms with Crippen molar-refractivity contribution in [3.8, 4) is 0 Å². The molecule has 2 atom stereocenters. The van der Waals surface area contributed by atoms with Crippen LogP contribution in [-0.4, -0.2) is 4.83 Å². The van der Waals surface area contributed by atoms with E-state index in [0.29, 0.717) is 10.7 Å². The second-order valence-corrected chi connectivity index (χ2v) is 6.79. The first-order chi connectivity index (χ1) is 10.8. The number of rotatable bonds is 2. The lowest BCUT2D eigenvalue weighted by atomic mass is 9.90. The number of allylic oxidation sites excluding steroid dienone is 3. The molecule has 2 aliphatic carbocycles. The molecular formula is C21H17Br. The van der Waals surface area contributed by atoms with Gasteiger partial charge in [0.25, 0.3) is 0 Å². The second kappa shape index (κ2) is 5.40. The van der Waals surface area contributed by atoms with Crippen LogP contribution in [0.1, 0.15) is 24.0 Å². The molecule has 0 bridgehead atoms. The van der Waals surface area contributed by atoms with E-state index in [2.05, 4.69) is 95.7 Å². The number of benzene rings is 2. The molecule has 0 nitrogen and oxygen atoms in total. The van der Waals surface area contributed by atoms with Crippen LogP contribution in [0.2, 0.25) is 0 Å². The molecule has 0 amide bonds. The summed E-state index contributed by atoms with van der Waals surface area (Å²) in [5.74, 6) is 0.390. The lowest BCUT2D eigenvalue weighted by Gasteiger charge is -2.21. The molecule has 2 aromatic rings. The Morgan fingerprint density at radius 1 is 1.05 bits per heavy atom. The van der Waals surface area contributed by atoms with E-state index in [0.717, 1.165) is 0 Å². The van der Waals surface area contributed by atoms with E-state index in [1.807, 2.05) is 0 Å². The molecule has 0 aromatic heterocycles. The van der Waals surface area contributed by atoms with Crippen LogP contribution < -0.4 is 10.4 Å². The number of hydrogen-bond donors (Lipinski definition) is 0. The normalized spacial score (nSPS) is 21.6. The van der Waals surface area contributed by atoms with E-state index in [1.54, 1.807) is 0 Å². The molecule has 0 N–H and O–H groups in total. The Balaban J connectivity index is 1.87. The molecule has 4 rings (SSSR count). The summed E-state index contributed by atoms with van der Waals surface area (Å²) in [7, 11) is 0. The first kappa shape index (κ1) is 13.8. The lowest BCUT2D eigenvalue weighted by molar-refractivity contribution is 0.920. The highest BCUT2D eigenvalue weighted by molar-refractivity contribution is 9.09. The van der Waals surface area contributed by atoms with Crippen LogP contribution in [0.25, 0.3) is 17.7 Å².